The summed E-state index contributed by atoms with van der Waals surface area (Å²) in [6.07, 6.45) is 0.709. The van der Waals surface area contributed by atoms with Gasteiger partial charge in [0.25, 0.3) is 5.91 Å². The number of amides is 2. The Hall–Kier alpha value is -2.90. The number of halogens is 2. The van der Waals surface area contributed by atoms with Gasteiger partial charge in [-0.25, -0.2) is 4.39 Å². The van der Waals surface area contributed by atoms with Gasteiger partial charge in [0.1, 0.15) is 18.2 Å². The average molecular weight is 433 g/mol. The Morgan fingerprint density at radius 2 is 2.17 bits per heavy atom. The number of hydrogen-bond donors (Lipinski definition) is 3. The molecule has 3 N–H and O–H groups in total. The van der Waals surface area contributed by atoms with Crippen molar-refractivity contribution in [2.75, 3.05) is 11.9 Å². The monoisotopic (exact) mass is 432 g/mol. The summed E-state index contributed by atoms with van der Waals surface area (Å²) < 4.78 is 19.2. The maximum atomic E-state index is 13.7. The number of carbonyl (C=O) groups is 2. The van der Waals surface area contributed by atoms with Gasteiger partial charge < -0.3 is 20.5 Å². The second kappa shape index (κ2) is 9.28. The molecule has 2 amide bonds. The number of aryl methyl sites for hydroxylation is 1. The van der Waals surface area contributed by atoms with E-state index in [1.165, 1.54) is 18.3 Å². The molecule has 2 aromatic carbocycles. The largest absolute Gasteiger partial charge is 0.489 e. The van der Waals surface area contributed by atoms with E-state index in [1.807, 2.05) is 0 Å². The average Bonchev–Trinajstić information content (AvgIpc) is 2.68. The number of carbonyl (C=O) groups excluding carboxylic acids is 2. The second-order valence-electron chi connectivity index (χ2n) is 7.19. The molecule has 0 saturated carbocycles. The van der Waals surface area contributed by atoms with Gasteiger partial charge in [-0.05, 0) is 43.2 Å². The van der Waals surface area contributed by atoms with E-state index in [9.17, 15) is 19.1 Å². The van der Waals surface area contributed by atoms with E-state index in [-0.39, 0.29) is 18.9 Å². The van der Waals surface area contributed by atoms with Crippen LogP contribution in [0, 0.1) is 12.7 Å². The van der Waals surface area contributed by atoms with Gasteiger partial charge >= 0.3 is 0 Å². The zero-order chi connectivity index (χ0) is 21.8. The zero-order valence-electron chi connectivity index (χ0n) is 16.5. The number of aliphatic hydroxyl groups excluding tert-OH is 1. The number of rotatable bonds is 6. The van der Waals surface area contributed by atoms with Crippen molar-refractivity contribution in [2.45, 2.75) is 32.3 Å². The lowest BCUT2D eigenvalue weighted by Gasteiger charge is -2.24. The fourth-order valence-corrected chi connectivity index (χ4v) is 3.43. The van der Waals surface area contributed by atoms with E-state index in [4.69, 9.17) is 16.3 Å². The predicted octanol–water partition coefficient (Wildman–Crippen LogP) is 3.67. The van der Waals surface area contributed by atoms with Crippen molar-refractivity contribution in [3.63, 3.8) is 0 Å². The highest BCUT2D eigenvalue weighted by atomic mass is 35.5. The molecule has 1 aliphatic heterocycles. The number of anilines is 1. The summed E-state index contributed by atoms with van der Waals surface area (Å²) >= 11 is 6.19. The fourth-order valence-electron chi connectivity index (χ4n) is 3.16. The molecule has 1 heterocycles. The van der Waals surface area contributed by atoms with Crippen molar-refractivity contribution in [2.24, 2.45) is 0 Å². The lowest BCUT2D eigenvalue weighted by molar-refractivity contribution is -0.121. The maximum absolute atomic E-state index is 13.7. The Balaban J connectivity index is 1.86. The van der Waals surface area contributed by atoms with Gasteiger partial charge in [0.15, 0.2) is 0 Å². The standard InChI is InChI=1S/C22H22ClFN2O4/c1-12-6-18(23)20(30-11-13(2)27)9-19(12)26-22(29)17-10-25-21(28)8-16(17)14-4-3-5-15(24)7-14/h3-7,9-10,13,16,27H,8,11H2,1-2H3,(H,25,28)(H,26,29)/t13?,16-/m0/s1. The minimum Gasteiger partial charge on any atom is -0.489 e. The molecule has 0 fully saturated rings. The molecule has 0 aromatic heterocycles. The van der Waals surface area contributed by atoms with Crippen LogP contribution in [0.4, 0.5) is 10.1 Å². The highest BCUT2D eigenvalue weighted by Gasteiger charge is 2.29. The van der Waals surface area contributed by atoms with E-state index in [2.05, 4.69) is 10.6 Å². The van der Waals surface area contributed by atoms with E-state index in [0.29, 0.717) is 33.2 Å². The molecule has 3 rings (SSSR count). The topological polar surface area (TPSA) is 87.7 Å². The molecule has 6 nitrogen and oxygen atoms in total. The van der Waals surface area contributed by atoms with E-state index >= 15 is 0 Å². The molecule has 1 aliphatic rings. The molecule has 2 atom stereocenters. The molecular weight excluding hydrogens is 411 g/mol. The van der Waals surface area contributed by atoms with Crippen molar-refractivity contribution in [1.82, 2.24) is 5.32 Å². The molecule has 0 aliphatic carbocycles. The number of aliphatic hydroxyl groups is 1. The summed E-state index contributed by atoms with van der Waals surface area (Å²) in [5, 5.41) is 15.1. The summed E-state index contributed by atoms with van der Waals surface area (Å²) in [5.41, 5.74) is 2.03. The third-order valence-electron chi connectivity index (χ3n) is 4.67. The molecular formula is C22H22ClFN2O4. The first kappa shape index (κ1) is 21.8. The third kappa shape index (κ3) is 5.17. The van der Waals surface area contributed by atoms with Crippen LogP contribution in [0.3, 0.4) is 0 Å². The third-order valence-corrected chi connectivity index (χ3v) is 4.97. The van der Waals surface area contributed by atoms with Crippen molar-refractivity contribution in [1.29, 1.82) is 0 Å². The molecule has 0 saturated heterocycles. The van der Waals surface area contributed by atoms with Crippen LogP contribution in [0.2, 0.25) is 5.02 Å². The van der Waals surface area contributed by atoms with Gasteiger partial charge in [-0.15, -0.1) is 0 Å². The lowest BCUT2D eigenvalue weighted by Crippen LogP contribution is -2.32. The summed E-state index contributed by atoms with van der Waals surface area (Å²) in [6, 6.07) is 9.08. The quantitative estimate of drug-likeness (QED) is 0.650. The minimum atomic E-state index is -0.677. The van der Waals surface area contributed by atoms with Crippen molar-refractivity contribution in [3.8, 4) is 5.75 Å². The van der Waals surface area contributed by atoms with Crippen LogP contribution >= 0.6 is 11.6 Å². The summed E-state index contributed by atoms with van der Waals surface area (Å²) in [4.78, 5) is 24.9. The first-order valence-corrected chi connectivity index (χ1v) is 9.79. The van der Waals surface area contributed by atoms with Gasteiger partial charge in [-0.3, -0.25) is 9.59 Å². The highest BCUT2D eigenvalue weighted by molar-refractivity contribution is 6.32. The van der Waals surface area contributed by atoms with E-state index in [0.717, 1.165) is 0 Å². The van der Waals surface area contributed by atoms with Crippen LogP contribution in [-0.4, -0.2) is 29.6 Å². The highest BCUT2D eigenvalue weighted by Crippen LogP contribution is 2.34. The SMILES string of the molecule is Cc1cc(Cl)c(OCC(C)O)cc1NC(=O)C1=CNC(=O)C[C@H]1c1cccc(F)c1. The first-order valence-electron chi connectivity index (χ1n) is 9.42. The van der Waals surface area contributed by atoms with Gasteiger partial charge in [0.2, 0.25) is 5.91 Å². The first-order chi connectivity index (χ1) is 14.2. The van der Waals surface area contributed by atoms with Crippen LogP contribution in [0.25, 0.3) is 0 Å². The molecule has 1 unspecified atom stereocenters. The summed E-state index contributed by atoms with van der Waals surface area (Å²) in [5.74, 6) is -1.38. The second-order valence-corrected chi connectivity index (χ2v) is 7.60. The van der Waals surface area contributed by atoms with Crippen LogP contribution in [0.1, 0.15) is 30.4 Å². The van der Waals surface area contributed by atoms with Crippen LogP contribution < -0.4 is 15.4 Å². The van der Waals surface area contributed by atoms with Gasteiger partial charge in [-0.2, -0.15) is 0 Å². The molecule has 0 spiro atoms. The smallest absolute Gasteiger partial charge is 0.253 e. The lowest BCUT2D eigenvalue weighted by atomic mass is 9.86. The van der Waals surface area contributed by atoms with Gasteiger partial charge in [-0.1, -0.05) is 23.7 Å². The molecule has 2 aromatic rings. The summed E-state index contributed by atoms with van der Waals surface area (Å²) in [6.45, 7) is 3.41. The minimum absolute atomic E-state index is 0.0328. The Morgan fingerprint density at radius 3 is 2.87 bits per heavy atom. The molecule has 8 heteroatoms. The predicted molar refractivity (Wildman–Crippen MR) is 112 cm³/mol. The van der Waals surface area contributed by atoms with Crippen LogP contribution in [-0.2, 0) is 9.59 Å². The number of benzene rings is 2. The van der Waals surface area contributed by atoms with Gasteiger partial charge in [0.05, 0.1) is 11.1 Å². The van der Waals surface area contributed by atoms with Crippen LogP contribution in [0.15, 0.2) is 48.2 Å². The molecule has 158 valence electrons. The van der Waals surface area contributed by atoms with Crippen molar-refractivity contribution >= 4 is 29.1 Å². The molecule has 30 heavy (non-hydrogen) atoms. The van der Waals surface area contributed by atoms with E-state index < -0.39 is 23.7 Å². The maximum Gasteiger partial charge on any atom is 0.253 e. The summed E-state index contributed by atoms with van der Waals surface area (Å²) in [7, 11) is 0. The Bertz CT molecular complexity index is 1010. The van der Waals surface area contributed by atoms with Crippen molar-refractivity contribution < 1.29 is 23.8 Å². The zero-order valence-corrected chi connectivity index (χ0v) is 17.3. The number of ether oxygens (including phenoxy) is 1. The Kier molecular flexibility index (Phi) is 6.74. The number of nitrogens with one attached hydrogen (secondary N) is 2. The van der Waals surface area contributed by atoms with Gasteiger partial charge in [0, 0.05) is 35.9 Å². The normalized spacial score (nSPS) is 17.0. The number of hydrogen-bond acceptors (Lipinski definition) is 4. The fraction of sp³-hybridized carbons (Fsp3) is 0.273. The Morgan fingerprint density at radius 1 is 1.40 bits per heavy atom. The van der Waals surface area contributed by atoms with E-state index in [1.54, 1.807) is 38.1 Å². The Labute approximate surface area is 178 Å². The van der Waals surface area contributed by atoms with Crippen molar-refractivity contribution in [3.05, 3.63) is 70.1 Å². The molecule has 0 radical (unpaired) electrons. The molecule has 0 bridgehead atoms. The van der Waals surface area contributed by atoms with Crippen LogP contribution in [0.5, 0.6) is 5.75 Å².